The maximum atomic E-state index is 4.22. The maximum Gasteiger partial charge on any atom is 0.201 e. The molecule has 0 fully saturated rings. The molecule has 0 atom stereocenters. The topological polar surface area (TPSA) is 0 Å². The lowest BCUT2D eigenvalue weighted by atomic mass is 10.2. The zero-order valence-corrected chi connectivity index (χ0v) is 19.1. The highest BCUT2D eigenvalue weighted by atomic mass is 31.2. The van der Waals surface area contributed by atoms with Crippen LogP contribution in [0.25, 0.3) is 21.5 Å². The highest BCUT2D eigenvalue weighted by Gasteiger charge is 2.47. The van der Waals surface area contributed by atoms with Crippen molar-refractivity contribution in [2.24, 2.45) is 0 Å². The first-order chi connectivity index (χ1) is 16.4. The Balaban J connectivity index is 1.71. The minimum absolute atomic E-state index is 1.21. The first-order valence-electron chi connectivity index (χ1n) is 11.3. The summed E-state index contributed by atoms with van der Waals surface area (Å²) in [6, 6.07) is 50.3. The van der Waals surface area contributed by atoms with Gasteiger partial charge in [0.1, 0.15) is 23.2 Å². The predicted molar refractivity (Wildman–Crippen MR) is 145 cm³/mol. The van der Waals surface area contributed by atoms with Crippen LogP contribution in [0.2, 0.25) is 0 Å². The van der Waals surface area contributed by atoms with E-state index in [2.05, 4.69) is 146 Å². The lowest BCUT2D eigenvalue weighted by Gasteiger charge is -2.27. The molecule has 6 rings (SSSR count). The average molecular weight is 439 g/mol. The summed E-state index contributed by atoms with van der Waals surface area (Å²) in [7, 11) is -2.20. The molecule has 2 radical (unpaired) electrons. The molecule has 0 aliphatic rings. The third kappa shape index (κ3) is 3.30. The second kappa shape index (κ2) is 8.39. The Bertz CT molecular complexity index is 1360. The van der Waals surface area contributed by atoms with Gasteiger partial charge in [-0.15, -0.1) is 40.4 Å². The Labute approximate surface area is 195 Å². The molecule has 0 N–H and O–H groups in total. The van der Waals surface area contributed by atoms with Gasteiger partial charge < -0.3 is 0 Å². The maximum absolute atomic E-state index is 4.22. The van der Waals surface area contributed by atoms with Gasteiger partial charge in [0.25, 0.3) is 0 Å². The van der Waals surface area contributed by atoms with Gasteiger partial charge in [0.2, 0.25) is 6.16 Å². The van der Waals surface area contributed by atoms with Crippen molar-refractivity contribution < 1.29 is 0 Å². The second-order valence-electron chi connectivity index (χ2n) is 8.26. The molecule has 0 saturated heterocycles. The normalized spacial score (nSPS) is 11.8. The SMILES string of the molecule is [C](c1c2ccccc2c2cccc[c-]12)[P+](c1ccccc1)(c1ccccc1)c1ccccc1. The molecule has 0 unspecified atom stereocenters. The fraction of sp³-hybridized carbons (Fsp3) is 0. The molecule has 0 heterocycles. The van der Waals surface area contributed by atoms with Gasteiger partial charge >= 0.3 is 0 Å². The predicted octanol–water partition coefficient (Wildman–Crippen LogP) is 7.09. The van der Waals surface area contributed by atoms with E-state index >= 15 is 0 Å². The summed E-state index contributed by atoms with van der Waals surface area (Å²) in [6.45, 7) is 0. The van der Waals surface area contributed by atoms with Gasteiger partial charge in [0.05, 0.1) is 0 Å². The van der Waals surface area contributed by atoms with Crippen LogP contribution in [-0.2, 0) is 0 Å². The smallest absolute Gasteiger partial charge is 0.129 e. The van der Waals surface area contributed by atoms with Gasteiger partial charge in [0.15, 0.2) is 0 Å². The van der Waals surface area contributed by atoms with Crippen molar-refractivity contribution in [1.29, 1.82) is 0 Å². The van der Waals surface area contributed by atoms with Crippen LogP contribution in [0, 0.1) is 6.16 Å². The third-order valence-corrected chi connectivity index (χ3v) is 10.2. The lowest BCUT2D eigenvalue weighted by molar-refractivity contribution is 1.69. The molecule has 0 aromatic heterocycles. The third-order valence-electron chi connectivity index (χ3n) is 6.39. The van der Waals surface area contributed by atoms with Gasteiger partial charge in [-0.1, -0.05) is 89.8 Å². The molecular formula is C32H23P. The molecule has 33 heavy (non-hydrogen) atoms. The minimum atomic E-state index is -2.20. The molecule has 0 spiro atoms. The van der Waals surface area contributed by atoms with E-state index in [-0.39, 0.29) is 0 Å². The highest BCUT2D eigenvalue weighted by Crippen LogP contribution is 2.61. The molecule has 156 valence electrons. The van der Waals surface area contributed by atoms with E-state index in [1.807, 2.05) is 0 Å². The highest BCUT2D eigenvalue weighted by molar-refractivity contribution is 7.97. The quantitative estimate of drug-likeness (QED) is 0.199. The average Bonchev–Trinajstić information content (AvgIpc) is 3.22. The van der Waals surface area contributed by atoms with Gasteiger partial charge in [-0.05, 0) is 36.4 Å². The van der Waals surface area contributed by atoms with Crippen LogP contribution in [0.5, 0.6) is 0 Å². The van der Waals surface area contributed by atoms with Crippen LogP contribution in [0.3, 0.4) is 0 Å². The van der Waals surface area contributed by atoms with Crippen LogP contribution in [0.4, 0.5) is 0 Å². The lowest BCUT2D eigenvalue weighted by Crippen LogP contribution is -2.31. The molecule has 0 bridgehead atoms. The Hall–Kier alpha value is -3.60. The van der Waals surface area contributed by atoms with Crippen LogP contribution in [0.1, 0.15) is 5.56 Å². The molecule has 6 aromatic rings. The molecule has 0 nitrogen and oxygen atoms in total. The van der Waals surface area contributed by atoms with E-state index in [4.69, 9.17) is 0 Å². The summed E-state index contributed by atoms with van der Waals surface area (Å²) in [6.07, 6.45) is 4.22. The molecule has 6 aromatic carbocycles. The number of hydrogen-bond acceptors (Lipinski definition) is 0. The Morgan fingerprint density at radius 3 is 1.45 bits per heavy atom. The van der Waals surface area contributed by atoms with E-state index in [1.165, 1.54) is 43.0 Å². The Morgan fingerprint density at radius 2 is 0.909 bits per heavy atom. The number of hydrogen-bond donors (Lipinski definition) is 0. The van der Waals surface area contributed by atoms with E-state index in [1.54, 1.807) is 0 Å². The van der Waals surface area contributed by atoms with Crippen LogP contribution in [0.15, 0.2) is 140 Å². The van der Waals surface area contributed by atoms with E-state index < -0.39 is 7.26 Å². The largest absolute Gasteiger partial charge is 0.201 e. The van der Waals surface area contributed by atoms with Crippen molar-refractivity contribution in [1.82, 2.24) is 0 Å². The van der Waals surface area contributed by atoms with Gasteiger partial charge in [-0.25, -0.2) is 0 Å². The van der Waals surface area contributed by atoms with E-state index in [0.717, 1.165) is 0 Å². The van der Waals surface area contributed by atoms with E-state index in [0.29, 0.717) is 0 Å². The van der Waals surface area contributed by atoms with Crippen molar-refractivity contribution in [3.05, 3.63) is 151 Å². The van der Waals surface area contributed by atoms with E-state index in [9.17, 15) is 0 Å². The number of fused-ring (bicyclic) bond motifs is 3. The molecule has 0 aliphatic heterocycles. The summed E-state index contributed by atoms with van der Waals surface area (Å²) in [5.74, 6) is 0. The second-order valence-corrected chi connectivity index (χ2v) is 11.4. The van der Waals surface area contributed by atoms with Crippen molar-refractivity contribution in [3.8, 4) is 0 Å². The molecule has 0 aliphatic carbocycles. The molecular weight excluding hydrogens is 415 g/mol. The summed E-state index contributed by atoms with van der Waals surface area (Å²) >= 11 is 0. The summed E-state index contributed by atoms with van der Waals surface area (Å²) < 4.78 is 0. The standard InChI is InChI=1S/C32H23P/c1-4-14-25(15-5-1)33(26-16-6-2-7-17-26,27-18-8-3-9-19-27)24-32-30-22-12-10-20-28(30)29-21-11-13-23-31(29)32/h1-23H. The zero-order valence-electron chi connectivity index (χ0n) is 18.2. The van der Waals surface area contributed by atoms with Crippen LogP contribution < -0.4 is 15.9 Å². The Morgan fingerprint density at radius 1 is 0.455 bits per heavy atom. The number of benzene rings is 5. The first kappa shape index (κ1) is 20.0. The van der Waals surface area contributed by atoms with Gasteiger partial charge in [0, 0.05) is 0 Å². The number of rotatable bonds is 5. The van der Waals surface area contributed by atoms with Crippen molar-refractivity contribution in [2.45, 2.75) is 0 Å². The zero-order chi connectivity index (χ0) is 22.1. The van der Waals surface area contributed by atoms with Crippen molar-refractivity contribution in [3.63, 3.8) is 0 Å². The van der Waals surface area contributed by atoms with Gasteiger partial charge in [-0.2, -0.15) is 0 Å². The van der Waals surface area contributed by atoms with Crippen LogP contribution >= 0.6 is 7.26 Å². The van der Waals surface area contributed by atoms with Crippen LogP contribution in [-0.4, -0.2) is 0 Å². The monoisotopic (exact) mass is 438 g/mol. The summed E-state index contributed by atoms with van der Waals surface area (Å²) in [5, 5.41) is 9.08. The van der Waals surface area contributed by atoms with Crippen molar-refractivity contribution in [2.75, 3.05) is 0 Å². The fourth-order valence-electron chi connectivity index (χ4n) is 4.90. The summed E-state index contributed by atoms with van der Waals surface area (Å²) in [4.78, 5) is 0. The van der Waals surface area contributed by atoms with Gasteiger partial charge in [-0.3, -0.25) is 0 Å². The Kier molecular flexibility index (Phi) is 5.10. The molecule has 0 amide bonds. The minimum Gasteiger partial charge on any atom is -0.129 e. The fourth-order valence-corrected chi connectivity index (χ4v) is 8.62. The molecule has 0 saturated carbocycles. The summed E-state index contributed by atoms with van der Waals surface area (Å²) in [5.41, 5.74) is 1.21. The van der Waals surface area contributed by atoms with Crippen molar-refractivity contribution >= 4 is 44.7 Å². The molecule has 1 heteroatoms. The first-order valence-corrected chi connectivity index (χ1v) is 13.1.